The van der Waals surface area contributed by atoms with Gasteiger partial charge in [-0.25, -0.2) is 0 Å². The molecule has 0 saturated carbocycles. The summed E-state index contributed by atoms with van der Waals surface area (Å²) >= 11 is 0. The second-order valence-electron chi connectivity index (χ2n) is 4.73. The monoisotopic (exact) mass is 364 g/mol. The Labute approximate surface area is 142 Å². The molecular formula is C14H16ClF3N4O2. The molecule has 2 aromatic rings. The number of benzene rings is 1. The Morgan fingerprint density at radius 2 is 1.92 bits per heavy atom. The molecule has 1 aromatic heterocycles. The molecule has 0 aliphatic rings. The van der Waals surface area contributed by atoms with Gasteiger partial charge in [0.15, 0.2) is 0 Å². The third-order valence-corrected chi connectivity index (χ3v) is 2.96. The van der Waals surface area contributed by atoms with Crippen LogP contribution in [0.3, 0.4) is 0 Å². The van der Waals surface area contributed by atoms with Gasteiger partial charge in [0.05, 0.1) is 6.20 Å². The quantitative estimate of drug-likeness (QED) is 0.856. The molecule has 6 nitrogen and oxygen atoms in total. The van der Waals surface area contributed by atoms with Gasteiger partial charge in [-0.15, -0.1) is 25.6 Å². The number of halogens is 4. The molecular weight excluding hydrogens is 349 g/mol. The number of amides is 1. The summed E-state index contributed by atoms with van der Waals surface area (Å²) in [5.74, 6) is -0.710. The molecule has 0 fully saturated rings. The fourth-order valence-corrected chi connectivity index (χ4v) is 1.99. The number of nitrogens with zero attached hydrogens (tertiary/aromatic N) is 2. The third kappa shape index (κ3) is 5.43. The van der Waals surface area contributed by atoms with E-state index in [9.17, 15) is 18.0 Å². The minimum Gasteiger partial charge on any atom is -0.406 e. The van der Waals surface area contributed by atoms with E-state index >= 15 is 0 Å². The highest BCUT2D eigenvalue weighted by atomic mass is 35.5. The van der Waals surface area contributed by atoms with E-state index in [4.69, 9.17) is 0 Å². The van der Waals surface area contributed by atoms with Gasteiger partial charge in [0.2, 0.25) is 5.91 Å². The van der Waals surface area contributed by atoms with E-state index in [0.29, 0.717) is 11.3 Å². The van der Waals surface area contributed by atoms with E-state index in [1.807, 2.05) is 0 Å². The largest absolute Gasteiger partial charge is 0.573 e. The van der Waals surface area contributed by atoms with Gasteiger partial charge in [-0.05, 0) is 31.3 Å². The summed E-state index contributed by atoms with van der Waals surface area (Å²) in [4.78, 5) is 12.2. The molecule has 0 radical (unpaired) electrons. The average Bonchev–Trinajstić information content (AvgIpc) is 2.86. The van der Waals surface area contributed by atoms with E-state index in [1.54, 1.807) is 31.2 Å². The second kappa shape index (κ2) is 8.02. The molecule has 0 aliphatic heterocycles. The first-order valence-corrected chi connectivity index (χ1v) is 6.61. The van der Waals surface area contributed by atoms with Crippen molar-refractivity contribution >= 4 is 24.0 Å². The van der Waals surface area contributed by atoms with Gasteiger partial charge in [-0.1, -0.05) is 0 Å². The molecule has 1 heterocycles. The van der Waals surface area contributed by atoms with Crippen molar-refractivity contribution in [3.05, 3.63) is 42.2 Å². The molecule has 24 heavy (non-hydrogen) atoms. The van der Waals surface area contributed by atoms with Gasteiger partial charge in [0, 0.05) is 24.5 Å². The number of hydrogen-bond acceptors (Lipinski definition) is 4. The fraction of sp³-hybridized carbons (Fsp3) is 0.286. The van der Waals surface area contributed by atoms with Crippen molar-refractivity contribution in [2.24, 2.45) is 7.05 Å². The summed E-state index contributed by atoms with van der Waals surface area (Å²) in [6.07, 6.45) is -1.50. The standard InChI is InChI=1S/C14H15F3N4O2.ClH/c1-18-12(9-7-19-21(2)8-9)13(22)20-10-3-5-11(6-4-10)23-14(15,16)17;/h3-8,12,18H,1-2H3,(H,20,22);1H. The van der Waals surface area contributed by atoms with Crippen LogP contribution in [-0.4, -0.2) is 29.1 Å². The lowest BCUT2D eigenvalue weighted by molar-refractivity contribution is -0.274. The minimum absolute atomic E-state index is 0. The Balaban J connectivity index is 0.00000288. The van der Waals surface area contributed by atoms with Crippen LogP contribution in [0.15, 0.2) is 36.7 Å². The molecule has 0 aliphatic carbocycles. The normalized spacial score (nSPS) is 12.2. The molecule has 2 N–H and O–H groups in total. The maximum Gasteiger partial charge on any atom is 0.573 e. The highest BCUT2D eigenvalue weighted by Gasteiger charge is 2.31. The van der Waals surface area contributed by atoms with Crippen LogP contribution >= 0.6 is 12.4 Å². The van der Waals surface area contributed by atoms with Crippen LogP contribution in [0.4, 0.5) is 18.9 Å². The van der Waals surface area contributed by atoms with Crippen molar-refractivity contribution in [3.8, 4) is 5.75 Å². The highest BCUT2D eigenvalue weighted by Crippen LogP contribution is 2.24. The molecule has 0 saturated heterocycles. The Morgan fingerprint density at radius 1 is 1.29 bits per heavy atom. The van der Waals surface area contributed by atoms with Crippen LogP contribution in [0.1, 0.15) is 11.6 Å². The summed E-state index contributed by atoms with van der Waals surface area (Å²) in [6, 6.07) is 4.28. The SMILES string of the molecule is CNC(C(=O)Nc1ccc(OC(F)(F)F)cc1)c1cnn(C)c1.Cl. The van der Waals surface area contributed by atoms with E-state index in [2.05, 4.69) is 20.5 Å². The number of carbonyl (C=O) groups is 1. The summed E-state index contributed by atoms with van der Waals surface area (Å²) in [7, 11) is 3.35. The Bertz CT molecular complexity index is 673. The number of anilines is 1. The van der Waals surface area contributed by atoms with Crippen molar-refractivity contribution in [3.63, 3.8) is 0 Å². The Kier molecular flexibility index (Phi) is 6.61. The molecule has 0 bridgehead atoms. The molecule has 132 valence electrons. The average molecular weight is 365 g/mol. The van der Waals surface area contributed by atoms with E-state index < -0.39 is 12.4 Å². The van der Waals surface area contributed by atoms with Crippen molar-refractivity contribution in [1.29, 1.82) is 0 Å². The first kappa shape index (κ1) is 19.8. The molecule has 2 rings (SSSR count). The van der Waals surface area contributed by atoms with Crippen LogP contribution in [0.5, 0.6) is 5.75 Å². The van der Waals surface area contributed by atoms with Crippen molar-refractivity contribution < 1.29 is 22.7 Å². The number of aryl methyl sites for hydroxylation is 1. The van der Waals surface area contributed by atoms with Gasteiger partial charge in [-0.2, -0.15) is 5.10 Å². The number of carbonyl (C=O) groups excluding carboxylic acids is 1. The molecule has 1 unspecified atom stereocenters. The number of hydrogen-bond donors (Lipinski definition) is 2. The van der Waals surface area contributed by atoms with Gasteiger partial charge in [0.25, 0.3) is 0 Å². The number of aromatic nitrogens is 2. The second-order valence-corrected chi connectivity index (χ2v) is 4.73. The summed E-state index contributed by atoms with van der Waals surface area (Å²) < 4.78 is 41.6. The Morgan fingerprint density at radius 3 is 2.38 bits per heavy atom. The first-order valence-electron chi connectivity index (χ1n) is 6.61. The number of alkyl halides is 3. The molecule has 10 heteroatoms. The zero-order valence-corrected chi connectivity index (χ0v) is 13.6. The van der Waals surface area contributed by atoms with Crippen LogP contribution < -0.4 is 15.4 Å². The van der Waals surface area contributed by atoms with E-state index in [0.717, 1.165) is 12.1 Å². The van der Waals surface area contributed by atoms with Gasteiger partial charge in [-0.3, -0.25) is 9.48 Å². The third-order valence-electron chi connectivity index (χ3n) is 2.96. The number of likely N-dealkylation sites (N-methyl/N-ethyl adjacent to an activating group) is 1. The van der Waals surface area contributed by atoms with Crippen LogP contribution in [0, 0.1) is 0 Å². The van der Waals surface area contributed by atoms with E-state index in [1.165, 1.54) is 12.1 Å². The number of ether oxygens (including phenoxy) is 1. The zero-order valence-electron chi connectivity index (χ0n) is 12.8. The smallest absolute Gasteiger partial charge is 0.406 e. The van der Waals surface area contributed by atoms with E-state index in [-0.39, 0.29) is 24.1 Å². The van der Waals surface area contributed by atoms with Crippen LogP contribution in [-0.2, 0) is 11.8 Å². The van der Waals surface area contributed by atoms with Crippen molar-refractivity contribution in [2.75, 3.05) is 12.4 Å². The van der Waals surface area contributed by atoms with Gasteiger partial charge in [0.1, 0.15) is 11.8 Å². The lowest BCUT2D eigenvalue weighted by atomic mass is 10.1. The summed E-state index contributed by atoms with van der Waals surface area (Å²) in [6.45, 7) is 0. The predicted octanol–water partition coefficient (Wildman–Crippen LogP) is 2.64. The molecule has 1 aromatic carbocycles. The number of rotatable bonds is 5. The van der Waals surface area contributed by atoms with Crippen molar-refractivity contribution in [1.82, 2.24) is 15.1 Å². The fourth-order valence-electron chi connectivity index (χ4n) is 1.99. The Hall–Kier alpha value is -2.26. The summed E-state index contributed by atoms with van der Waals surface area (Å²) in [5.41, 5.74) is 1.03. The van der Waals surface area contributed by atoms with Crippen molar-refractivity contribution in [2.45, 2.75) is 12.4 Å². The molecule has 1 amide bonds. The first-order chi connectivity index (χ1) is 10.8. The van der Waals surface area contributed by atoms with Gasteiger partial charge < -0.3 is 15.4 Å². The lowest BCUT2D eigenvalue weighted by Gasteiger charge is -2.15. The molecule has 1 atom stereocenters. The maximum absolute atomic E-state index is 12.2. The predicted molar refractivity (Wildman–Crippen MR) is 84.0 cm³/mol. The van der Waals surface area contributed by atoms with Crippen LogP contribution in [0.25, 0.3) is 0 Å². The van der Waals surface area contributed by atoms with Gasteiger partial charge >= 0.3 is 6.36 Å². The zero-order chi connectivity index (χ0) is 17.0. The molecule has 0 spiro atoms. The summed E-state index contributed by atoms with van der Waals surface area (Å²) in [5, 5.41) is 9.46. The van der Waals surface area contributed by atoms with Crippen LogP contribution in [0.2, 0.25) is 0 Å². The number of nitrogens with one attached hydrogen (secondary N) is 2. The maximum atomic E-state index is 12.2. The lowest BCUT2D eigenvalue weighted by Crippen LogP contribution is -2.30. The minimum atomic E-state index is -4.75. The topological polar surface area (TPSA) is 68.2 Å². The highest BCUT2D eigenvalue weighted by molar-refractivity contribution is 5.95.